The molecule has 0 saturated heterocycles. The molecule has 0 amide bonds. The summed E-state index contributed by atoms with van der Waals surface area (Å²) in [6.45, 7) is 6.49. The van der Waals surface area contributed by atoms with E-state index in [1.54, 1.807) is 6.07 Å². The topological polar surface area (TPSA) is 12.0 Å². The van der Waals surface area contributed by atoms with E-state index in [4.69, 9.17) is 23.2 Å². The lowest BCUT2D eigenvalue weighted by molar-refractivity contribution is 0.707. The lowest BCUT2D eigenvalue weighted by Crippen LogP contribution is -2.31. The minimum Gasteiger partial charge on any atom is -0.376 e. The number of allylic oxidation sites excluding steroid dienone is 1. The maximum Gasteiger partial charge on any atom is 0.0505 e. The average Bonchev–Trinajstić information content (AvgIpc) is 2.35. The number of rotatable bonds is 1. The highest BCUT2D eigenvalue weighted by Crippen LogP contribution is 2.37. The van der Waals surface area contributed by atoms with Gasteiger partial charge in [-0.25, -0.2) is 0 Å². The number of halogens is 2. The normalized spacial score (nSPS) is 16.0. The number of fused-ring (bicyclic) bond motifs is 1. The first-order valence-corrected chi connectivity index (χ1v) is 7.68. The third kappa shape index (κ3) is 2.95. The molecule has 0 aliphatic carbocycles. The highest BCUT2D eigenvalue weighted by atomic mass is 35.5. The van der Waals surface area contributed by atoms with Gasteiger partial charge in [-0.1, -0.05) is 35.3 Å². The summed E-state index contributed by atoms with van der Waals surface area (Å²) in [7, 11) is 0. The average molecular weight is 318 g/mol. The van der Waals surface area contributed by atoms with Crippen molar-refractivity contribution >= 4 is 34.5 Å². The summed E-state index contributed by atoms with van der Waals surface area (Å²) in [6, 6.07) is 12.0. The molecule has 1 nitrogen and oxygen atoms in total. The van der Waals surface area contributed by atoms with Crippen molar-refractivity contribution in [2.24, 2.45) is 0 Å². The molecular weight excluding hydrogens is 301 g/mol. The Hall–Kier alpha value is -1.44. The highest BCUT2D eigenvalue weighted by Gasteiger charge is 2.22. The first-order chi connectivity index (χ1) is 9.84. The van der Waals surface area contributed by atoms with Gasteiger partial charge in [0.25, 0.3) is 0 Å². The van der Waals surface area contributed by atoms with Crippen LogP contribution in [0.2, 0.25) is 10.0 Å². The van der Waals surface area contributed by atoms with Crippen molar-refractivity contribution < 1.29 is 0 Å². The third-order valence-corrected chi connectivity index (χ3v) is 4.11. The zero-order chi connectivity index (χ0) is 15.2. The minimum absolute atomic E-state index is 0.0159. The number of hydrogen-bond acceptors (Lipinski definition) is 1. The lowest BCUT2D eigenvalue weighted by Gasteiger charge is -2.31. The van der Waals surface area contributed by atoms with Crippen molar-refractivity contribution in [3.05, 3.63) is 58.1 Å². The van der Waals surface area contributed by atoms with Gasteiger partial charge in [0.05, 0.1) is 5.54 Å². The Morgan fingerprint density at radius 1 is 0.905 bits per heavy atom. The fourth-order valence-corrected chi connectivity index (χ4v) is 3.41. The maximum absolute atomic E-state index is 6.10. The predicted molar refractivity (Wildman–Crippen MR) is 93.3 cm³/mol. The van der Waals surface area contributed by atoms with E-state index in [-0.39, 0.29) is 5.54 Å². The van der Waals surface area contributed by atoms with Crippen molar-refractivity contribution in [1.82, 2.24) is 0 Å². The van der Waals surface area contributed by atoms with Crippen molar-refractivity contribution in [1.29, 1.82) is 0 Å². The van der Waals surface area contributed by atoms with Gasteiger partial charge in [-0.05, 0) is 67.8 Å². The molecule has 2 aromatic rings. The molecule has 3 heteroatoms. The van der Waals surface area contributed by atoms with Crippen molar-refractivity contribution in [3.63, 3.8) is 0 Å². The second kappa shape index (κ2) is 5.08. The van der Waals surface area contributed by atoms with Crippen LogP contribution in [-0.4, -0.2) is 5.54 Å². The highest BCUT2D eigenvalue weighted by molar-refractivity contribution is 6.35. The van der Waals surface area contributed by atoms with E-state index >= 15 is 0 Å². The van der Waals surface area contributed by atoms with Crippen LogP contribution < -0.4 is 5.32 Å². The smallest absolute Gasteiger partial charge is 0.0505 e. The first kappa shape index (κ1) is 14.5. The quantitative estimate of drug-likeness (QED) is 0.653. The molecule has 2 aromatic carbocycles. The summed E-state index contributed by atoms with van der Waals surface area (Å²) in [6.07, 6.45) is 2.25. The molecule has 108 valence electrons. The largest absolute Gasteiger partial charge is 0.376 e. The van der Waals surface area contributed by atoms with E-state index in [0.717, 1.165) is 16.8 Å². The molecule has 1 aliphatic rings. The fourth-order valence-electron chi connectivity index (χ4n) is 2.88. The molecule has 0 spiro atoms. The summed E-state index contributed by atoms with van der Waals surface area (Å²) in [5.74, 6) is 0. The lowest BCUT2D eigenvalue weighted by atomic mass is 9.89. The first-order valence-electron chi connectivity index (χ1n) is 6.93. The molecule has 0 unspecified atom stereocenters. The third-order valence-electron chi connectivity index (χ3n) is 3.67. The van der Waals surface area contributed by atoms with Gasteiger partial charge in [-0.15, -0.1) is 0 Å². The number of anilines is 1. The molecule has 1 aliphatic heterocycles. The molecule has 0 aromatic heterocycles. The Bertz CT molecular complexity index is 725. The molecule has 0 bridgehead atoms. The second-order valence-corrected chi connectivity index (χ2v) is 6.97. The minimum atomic E-state index is -0.0159. The summed E-state index contributed by atoms with van der Waals surface area (Å²) < 4.78 is 0. The number of benzene rings is 2. The number of hydrogen-bond donors (Lipinski definition) is 1. The summed E-state index contributed by atoms with van der Waals surface area (Å²) in [5.41, 5.74) is 5.81. The Balaban J connectivity index is 2.10. The molecule has 21 heavy (non-hydrogen) atoms. The maximum atomic E-state index is 6.10. The van der Waals surface area contributed by atoms with Gasteiger partial charge in [0.2, 0.25) is 0 Å². The molecule has 0 radical (unpaired) electrons. The van der Waals surface area contributed by atoms with E-state index in [1.165, 1.54) is 11.1 Å². The van der Waals surface area contributed by atoms with E-state index in [2.05, 4.69) is 50.4 Å². The molecule has 0 saturated carbocycles. The van der Waals surface area contributed by atoms with Gasteiger partial charge in [-0.3, -0.25) is 0 Å². The van der Waals surface area contributed by atoms with Gasteiger partial charge >= 0.3 is 0 Å². The Morgan fingerprint density at radius 3 is 2.24 bits per heavy atom. The Labute approximate surface area is 135 Å². The van der Waals surface area contributed by atoms with Gasteiger partial charge in [-0.2, -0.15) is 0 Å². The van der Waals surface area contributed by atoms with Gasteiger partial charge in [0, 0.05) is 21.3 Å². The van der Waals surface area contributed by atoms with E-state index < -0.39 is 0 Å². The van der Waals surface area contributed by atoms with Crippen molar-refractivity contribution in [3.8, 4) is 11.1 Å². The van der Waals surface area contributed by atoms with Crippen LogP contribution in [0.25, 0.3) is 16.7 Å². The van der Waals surface area contributed by atoms with Crippen LogP contribution in [0, 0.1) is 0 Å². The van der Waals surface area contributed by atoms with E-state index in [0.29, 0.717) is 10.0 Å². The summed E-state index contributed by atoms with van der Waals surface area (Å²) in [5, 5.41) is 4.85. The molecular formula is C18H17Cl2N. The SMILES string of the molecule is CC1=CC(C)(C)Nc2ccc(-c3cc(Cl)cc(Cl)c3)cc21. The number of nitrogens with one attached hydrogen (secondary N) is 1. The monoisotopic (exact) mass is 317 g/mol. The summed E-state index contributed by atoms with van der Waals surface area (Å²) >= 11 is 12.2. The van der Waals surface area contributed by atoms with Crippen LogP contribution in [0.4, 0.5) is 5.69 Å². The molecule has 1 N–H and O–H groups in total. The van der Waals surface area contributed by atoms with E-state index in [1.807, 2.05) is 12.1 Å². The van der Waals surface area contributed by atoms with Crippen molar-refractivity contribution in [2.45, 2.75) is 26.3 Å². The predicted octanol–water partition coefficient (Wildman–Crippen LogP) is 6.27. The zero-order valence-corrected chi connectivity index (χ0v) is 13.8. The van der Waals surface area contributed by atoms with Crippen LogP contribution in [0.5, 0.6) is 0 Å². The van der Waals surface area contributed by atoms with Gasteiger partial charge in [0.15, 0.2) is 0 Å². The second-order valence-electron chi connectivity index (χ2n) is 6.09. The standard InChI is InChI=1S/C18H17Cl2N/c1-11-10-18(2,3)21-17-5-4-12(8-16(11)17)13-6-14(19)9-15(20)7-13/h4-10,21H,1-3H3. The Kier molecular flexibility index (Phi) is 3.51. The van der Waals surface area contributed by atoms with Crippen LogP contribution in [0.15, 0.2) is 42.5 Å². The molecule has 3 rings (SSSR count). The van der Waals surface area contributed by atoms with E-state index in [9.17, 15) is 0 Å². The van der Waals surface area contributed by atoms with Crippen molar-refractivity contribution in [2.75, 3.05) is 5.32 Å². The Morgan fingerprint density at radius 2 is 1.57 bits per heavy atom. The molecule has 0 atom stereocenters. The van der Waals surface area contributed by atoms with Crippen LogP contribution >= 0.6 is 23.2 Å². The van der Waals surface area contributed by atoms with Crippen LogP contribution in [0.1, 0.15) is 26.3 Å². The fraction of sp³-hybridized carbons (Fsp3) is 0.222. The van der Waals surface area contributed by atoms with Gasteiger partial charge < -0.3 is 5.32 Å². The van der Waals surface area contributed by atoms with Gasteiger partial charge in [0.1, 0.15) is 0 Å². The zero-order valence-electron chi connectivity index (χ0n) is 12.3. The molecule has 1 heterocycles. The van der Waals surface area contributed by atoms with Crippen LogP contribution in [-0.2, 0) is 0 Å². The molecule has 0 fully saturated rings. The summed E-state index contributed by atoms with van der Waals surface area (Å²) in [4.78, 5) is 0. The van der Waals surface area contributed by atoms with Crippen LogP contribution in [0.3, 0.4) is 0 Å².